The number of nitrogen functional groups attached to an aromatic ring is 1. The molecule has 0 radical (unpaired) electrons. The van der Waals surface area contributed by atoms with Gasteiger partial charge in [-0.1, -0.05) is 24.9 Å². The Hall–Kier alpha value is -0.890. The molecule has 0 aliphatic carbocycles. The van der Waals surface area contributed by atoms with E-state index in [-0.39, 0.29) is 35.3 Å². The lowest BCUT2D eigenvalue weighted by molar-refractivity contribution is 0.252. The van der Waals surface area contributed by atoms with Crippen LogP contribution in [0.5, 0.6) is 0 Å². The molecule has 0 aromatic heterocycles. The maximum atomic E-state index is 13.2. The summed E-state index contributed by atoms with van der Waals surface area (Å²) in [6.07, 6.45) is 1.45. The number of anilines is 1. The van der Waals surface area contributed by atoms with Gasteiger partial charge >= 0.3 is 0 Å². The van der Waals surface area contributed by atoms with Crippen LogP contribution in [0.25, 0.3) is 0 Å². The molecule has 0 bridgehead atoms. The molecule has 0 atom stereocenters. The van der Waals surface area contributed by atoms with Gasteiger partial charge in [-0.2, -0.15) is 4.31 Å². The number of sulfonamides is 1. The highest BCUT2D eigenvalue weighted by Gasteiger charge is 2.27. The Kier molecular flexibility index (Phi) is 6.19. The minimum atomic E-state index is -3.91. The number of rotatable bonds is 7. The van der Waals surface area contributed by atoms with E-state index >= 15 is 0 Å². The molecule has 1 rings (SSSR count). The molecule has 0 fully saturated rings. The molecule has 0 saturated heterocycles. The van der Waals surface area contributed by atoms with Gasteiger partial charge in [0.15, 0.2) is 0 Å². The van der Waals surface area contributed by atoms with Crippen molar-refractivity contribution in [2.45, 2.75) is 24.7 Å². The van der Waals surface area contributed by atoms with Gasteiger partial charge < -0.3 is 10.8 Å². The number of aliphatic hydroxyl groups excluding tert-OH is 1. The third-order valence-corrected chi connectivity index (χ3v) is 5.14. The highest BCUT2D eigenvalue weighted by molar-refractivity contribution is 7.89. The van der Waals surface area contributed by atoms with Crippen molar-refractivity contribution in [1.82, 2.24) is 4.31 Å². The first kappa shape index (κ1) is 17.2. The van der Waals surface area contributed by atoms with Crippen molar-refractivity contribution in [3.63, 3.8) is 0 Å². The van der Waals surface area contributed by atoms with E-state index in [2.05, 4.69) is 0 Å². The van der Waals surface area contributed by atoms with Crippen molar-refractivity contribution in [2.24, 2.45) is 0 Å². The van der Waals surface area contributed by atoms with Crippen LogP contribution in [0.2, 0.25) is 5.02 Å². The van der Waals surface area contributed by atoms with Gasteiger partial charge in [-0.15, -0.1) is 0 Å². The van der Waals surface area contributed by atoms with Crippen LogP contribution >= 0.6 is 11.6 Å². The number of nitrogens with zero attached hydrogens (tertiary/aromatic N) is 1. The Morgan fingerprint density at radius 1 is 1.40 bits per heavy atom. The Morgan fingerprint density at radius 2 is 2.05 bits per heavy atom. The topological polar surface area (TPSA) is 83.6 Å². The molecule has 0 unspecified atom stereocenters. The predicted molar refractivity (Wildman–Crippen MR) is 76.6 cm³/mol. The molecule has 0 heterocycles. The van der Waals surface area contributed by atoms with Crippen LogP contribution in [0.3, 0.4) is 0 Å². The minimum Gasteiger partial charge on any atom is -0.396 e. The number of hydrogen-bond donors (Lipinski definition) is 2. The standard InChI is InChI=1S/C12H18ClFN2O3S/c1-2-3-4-16(5-6-17)20(18,19)12-8-11(15)10(14)7-9(12)13/h7-8,17H,2-6,15H2,1H3. The zero-order chi connectivity index (χ0) is 15.3. The zero-order valence-corrected chi connectivity index (χ0v) is 12.7. The smallest absolute Gasteiger partial charge is 0.244 e. The zero-order valence-electron chi connectivity index (χ0n) is 11.1. The first-order valence-electron chi connectivity index (χ1n) is 6.20. The Labute approximate surface area is 123 Å². The highest BCUT2D eigenvalue weighted by Crippen LogP contribution is 2.28. The summed E-state index contributed by atoms with van der Waals surface area (Å²) in [5.41, 5.74) is 5.11. The quantitative estimate of drug-likeness (QED) is 0.750. The van der Waals surface area contributed by atoms with E-state index in [4.69, 9.17) is 22.4 Å². The summed E-state index contributed by atoms with van der Waals surface area (Å²) in [4.78, 5) is -0.248. The van der Waals surface area contributed by atoms with E-state index < -0.39 is 15.8 Å². The molecule has 5 nitrogen and oxygen atoms in total. The molecular formula is C12H18ClFN2O3S. The van der Waals surface area contributed by atoms with Crippen LogP contribution in [-0.4, -0.2) is 37.5 Å². The van der Waals surface area contributed by atoms with Gasteiger partial charge in [0.2, 0.25) is 10.0 Å². The molecule has 20 heavy (non-hydrogen) atoms. The van der Waals surface area contributed by atoms with Crippen LogP contribution in [0, 0.1) is 5.82 Å². The van der Waals surface area contributed by atoms with Gasteiger partial charge in [0.1, 0.15) is 10.7 Å². The van der Waals surface area contributed by atoms with E-state index in [0.717, 1.165) is 22.9 Å². The normalized spacial score (nSPS) is 12.1. The molecule has 0 amide bonds. The maximum absolute atomic E-state index is 13.2. The van der Waals surface area contributed by atoms with Crippen molar-refractivity contribution >= 4 is 27.3 Å². The second-order valence-corrected chi connectivity index (χ2v) is 6.60. The first-order valence-corrected chi connectivity index (χ1v) is 8.02. The van der Waals surface area contributed by atoms with E-state index in [1.54, 1.807) is 0 Å². The Bertz CT molecular complexity index is 566. The molecule has 1 aromatic rings. The van der Waals surface area contributed by atoms with Gasteiger partial charge in [-0.3, -0.25) is 0 Å². The van der Waals surface area contributed by atoms with Crippen LogP contribution in [0.15, 0.2) is 17.0 Å². The molecule has 8 heteroatoms. The number of nitrogens with two attached hydrogens (primary N) is 1. The number of benzene rings is 1. The van der Waals surface area contributed by atoms with Gasteiger partial charge in [-0.05, 0) is 18.6 Å². The fourth-order valence-corrected chi connectivity index (χ4v) is 3.67. The van der Waals surface area contributed by atoms with Crippen molar-refractivity contribution in [3.8, 4) is 0 Å². The number of aliphatic hydroxyl groups is 1. The molecule has 0 aliphatic rings. The lowest BCUT2D eigenvalue weighted by Crippen LogP contribution is -2.34. The van der Waals surface area contributed by atoms with Gasteiger partial charge in [0.25, 0.3) is 0 Å². The fourth-order valence-electron chi connectivity index (χ4n) is 1.68. The Morgan fingerprint density at radius 3 is 2.60 bits per heavy atom. The van der Waals surface area contributed by atoms with E-state index in [9.17, 15) is 12.8 Å². The molecule has 114 valence electrons. The van der Waals surface area contributed by atoms with Gasteiger partial charge in [0, 0.05) is 13.1 Å². The SMILES string of the molecule is CCCCN(CCO)S(=O)(=O)c1cc(N)c(F)cc1Cl. The van der Waals surface area contributed by atoms with E-state index in [1.165, 1.54) is 0 Å². The molecule has 0 spiro atoms. The second-order valence-electron chi connectivity index (χ2n) is 4.29. The van der Waals surface area contributed by atoms with Crippen molar-refractivity contribution in [3.05, 3.63) is 23.0 Å². The monoisotopic (exact) mass is 324 g/mol. The van der Waals surface area contributed by atoms with Crippen molar-refractivity contribution in [2.75, 3.05) is 25.4 Å². The second kappa shape index (κ2) is 7.21. The number of unbranched alkanes of at least 4 members (excludes halogenated alkanes) is 1. The lowest BCUT2D eigenvalue weighted by atomic mass is 10.3. The summed E-state index contributed by atoms with van der Waals surface area (Å²) >= 11 is 5.80. The van der Waals surface area contributed by atoms with Crippen molar-refractivity contribution < 1.29 is 17.9 Å². The molecule has 3 N–H and O–H groups in total. The average molecular weight is 325 g/mol. The van der Waals surface area contributed by atoms with Crippen LogP contribution < -0.4 is 5.73 Å². The average Bonchev–Trinajstić information content (AvgIpc) is 2.38. The Balaban J connectivity index is 3.22. The maximum Gasteiger partial charge on any atom is 0.244 e. The van der Waals surface area contributed by atoms with Gasteiger partial charge in [-0.25, -0.2) is 12.8 Å². The van der Waals surface area contributed by atoms with Crippen LogP contribution in [-0.2, 0) is 10.0 Å². The highest BCUT2D eigenvalue weighted by atomic mass is 35.5. The third kappa shape index (κ3) is 3.82. The number of hydrogen-bond acceptors (Lipinski definition) is 4. The molecular weight excluding hydrogens is 307 g/mol. The molecule has 1 aromatic carbocycles. The molecule has 0 saturated carbocycles. The predicted octanol–water partition coefficient (Wildman–Crippen LogP) is 1.84. The number of halogens is 2. The van der Waals surface area contributed by atoms with Crippen molar-refractivity contribution in [1.29, 1.82) is 0 Å². The fraction of sp³-hybridized carbons (Fsp3) is 0.500. The summed E-state index contributed by atoms with van der Waals surface area (Å²) < 4.78 is 39.3. The first-order chi connectivity index (χ1) is 9.34. The summed E-state index contributed by atoms with van der Waals surface area (Å²) in [7, 11) is -3.91. The summed E-state index contributed by atoms with van der Waals surface area (Å²) in [5, 5.41) is 8.76. The van der Waals surface area contributed by atoms with Crippen LogP contribution in [0.1, 0.15) is 19.8 Å². The molecule has 0 aliphatic heterocycles. The summed E-state index contributed by atoms with van der Waals surface area (Å²) in [6.45, 7) is 1.83. The van der Waals surface area contributed by atoms with Crippen LogP contribution in [0.4, 0.5) is 10.1 Å². The lowest BCUT2D eigenvalue weighted by Gasteiger charge is -2.22. The minimum absolute atomic E-state index is 0.0457. The largest absolute Gasteiger partial charge is 0.396 e. The summed E-state index contributed by atoms with van der Waals surface area (Å²) in [5.74, 6) is -0.767. The van der Waals surface area contributed by atoms with Gasteiger partial charge in [0.05, 0.1) is 17.3 Å². The van der Waals surface area contributed by atoms with E-state index in [1.807, 2.05) is 6.92 Å². The third-order valence-electron chi connectivity index (χ3n) is 2.78. The van der Waals surface area contributed by atoms with E-state index in [0.29, 0.717) is 6.42 Å². The summed E-state index contributed by atoms with van der Waals surface area (Å²) in [6, 6.07) is 1.88.